The molecule has 2 heterocycles. The van der Waals surface area contributed by atoms with Crippen molar-refractivity contribution >= 4 is 11.9 Å². The smallest absolute Gasteiger partial charge is 0.315 e. The molecule has 0 spiro atoms. The van der Waals surface area contributed by atoms with E-state index in [1.165, 1.54) is 0 Å². The Morgan fingerprint density at radius 1 is 1.50 bits per heavy atom. The second-order valence-corrected chi connectivity index (χ2v) is 5.52. The second kappa shape index (κ2) is 7.79. The Balaban J connectivity index is 1.65. The molecule has 8 nitrogen and oxygen atoms in total. The number of nitrogens with one attached hydrogen (secondary N) is 3. The number of urea groups is 1. The number of hydrogen-bond acceptors (Lipinski definition) is 4. The monoisotopic (exact) mass is 309 g/mol. The first-order valence-electron chi connectivity index (χ1n) is 7.51. The molecule has 0 saturated carbocycles. The molecule has 2 unspecified atom stereocenters. The van der Waals surface area contributed by atoms with Gasteiger partial charge in [-0.15, -0.1) is 0 Å². The Morgan fingerprint density at radius 3 is 3.05 bits per heavy atom. The molecule has 1 aromatic heterocycles. The highest BCUT2D eigenvalue weighted by Crippen LogP contribution is 2.21. The number of aromatic nitrogens is 2. The van der Waals surface area contributed by atoms with Crippen LogP contribution in [0.3, 0.4) is 0 Å². The van der Waals surface area contributed by atoms with E-state index in [1.54, 1.807) is 6.20 Å². The number of aryl methyl sites for hydroxylation is 1. The number of ether oxygens (including phenoxy) is 1. The molecule has 122 valence electrons. The highest BCUT2D eigenvalue weighted by atomic mass is 16.5. The van der Waals surface area contributed by atoms with Crippen LogP contribution in [0, 0.1) is 5.92 Å². The lowest BCUT2D eigenvalue weighted by Crippen LogP contribution is -2.39. The van der Waals surface area contributed by atoms with E-state index in [0.29, 0.717) is 26.1 Å². The van der Waals surface area contributed by atoms with E-state index in [1.807, 2.05) is 6.92 Å². The molecule has 1 aliphatic heterocycles. The first-order chi connectivity index (χ1) is 10.6. The van der Waals surface area contributed by atoms with Crippen molar-refractivity contribution in [2.24, 2.45) is 11.7 Å². The molecular formula is C14H23N5O3. The summed E-state index contributed by atoms with van der Waals surface area (Å²) in [6.45, 7) is 3.38. The summed E-state index contributed by atoms with van der Waals surface area (Å²) in [7, 11) is 0. The molecule has 8 heteroatoms. The lowest BCUT2D eigenvalue weighted by molar-refractivity contribution is -0.118. The molecule has 0 aliphatic carbocycles. The summed E-state index contributed by atoms with van der Waals surface area (Å²) in [5, 5.41) is 12.4. The summed E-state index contributed by atoms with van der Waals surface area (Å²) >= 11 is 0. The fourth-order valence-corrected chi connectivity index (χ4v) is 2.58. The molecular weight excluding hydrogens is 286 g/mol. The molecule has 2 atom stereocenters. The van der Waals surface area contributed by atoms with Gasteiger partial charge in [-0.1, -0.05) is 6.92 Å². The molecule has 1 aliphatic rings. The number of nitrogens with two attached hydrogens (primary N) is 1. The van der Waals surface area contributed by atoms with E-state index in [2.05, 4.69) is 20.8 Å². The van der Waals surface area contributed by atoms with Gasteiger partial charge in [0.15, 0.2) is 0 Å². The zero-order chi connectivity index (χ0) is 15.9. The number of nitrogens with zero attached hydrogens (tertiary/aromatic N) is 1. The van der Waals surface area contributed by atoms with Crippen molar-refractivity contribution in [2.45, 2.75) is 38.8 Å². The SMILES string of the molecule is CCc1cn[nH]c1CNC(=O)NCC1CC(CC(N)=O)CO1. The van der Waals surface area contributed by atoms with Crippen molar-refractivity contribution in [1.82, 2.24) is 20.8 Å². The normalized spacial score (nSPS) is 20.8. The molecule has 0 aromatic carbocycles. The standard InChI is InChI=1S/C14H23N5O3/c1-2-10-5-18-19-12(10)7-17-14(21)16-6-11-3-9(8-22-11)4-13(15)20/h5,9,11H,2-4,6-8H2,1H3,(H2,15,20)(H,18,19)(H2,16,17,21). The minimum absolute atomic E-state index is 0.0616. The van der Waals surface area contributed by atoms with Gasteiger partial charge in [0.25, 0.3) is 0 Å². The number of amides is 3. The number of H-pyrrole nitrogens is 1. The summed E-state index contributed by atoms with van der Waals surface area (Å²) in [6, 6.07) is -0.251. The van der Waals surface area contributed by atoms with Gasteiger partial charge in [-0.25, -0.2) is 4.79 Å². The summed E-state index contributed by atoms with van der Waals surface area (Å²) in [4.78, 5) is 22.6. The minimum Gasteiger partial charge on any atom is -0.376 e. The minimum atomic E-state index is -0.314. The van der Waals surface area contributed by atoms with Crippen LogP contribution in [0.25, 0.3) is 0 Å². The molecule has 22 heavy (non-hydrogen) atoms. The first kappa shape index (κ1) is 16.3. The number of aromatic amines is 1. The van der Waals surface area contributed by atoms with Gasteiger partial charge >= 0.3 is 6.03 Å². The summed E-state index contributed by atoms with van der Waals surface area (Å²) in [5.41, 5.74) is 7.17. The predicted molar refractivity (Wildman–Crippen MR) is 79.9 cm³/mol. The van der Waals surface area contributed by atoms with Crippen LogP contribution in [-0.2, 0) is 22.5 Å². The number of rotatable bonds is 7. The number of carbonyl (C=O) groups excluding carboxylic acids is 2. The third-order valence-corrected chi connectivity index (χ3v) is 3.76. The topological polar surface area (TPSA) is 122 Å². The highest BCUT2D eigenvalue weighted by Gasteiger charge is 2.26. The predicted octanol–water partition coefficient (Wildman–Crippen LogP) is 0.0518. The zero-order valence-corrected chi connectivity index (χ0v) is 12.7. The zero-order valence-electron chi connectivity index (χ0n) is 12.7. The average molecular weight is 309 g/mol. The van der Waals surface area contributed by atoms with Crippen LogP contribution in [0.5, 0.6) is 0 Å². The summed E-state index contributed by atoms with van der Waals surface area (Å²) in [5.74, 6) is -0.157. The van der Waals surface area contributed by atoms with Crippen LogP contribution >= 0.6 is 0 Å². The van der Waals surface area contributed by atoms with E-state index >= 15 is 0 Å². The molecule has 0 bridgehead atoms. The Morgan fingerprint density at radius 2 is 2.32 bits per heavy atom. The van der Waals surface area contributed by atoms with E-state index < -0.39 is 0 Å². The lowest BCUT2D eigenvalue weighted by atomic mass is 10.0. The fourth-order valence-electron chi connectivity index (χ4n) is 2.58. The van der Waals surface area contributed by atoms with Gasteiger partial charge in [0.1, 0.15) is 0 Å². The maximum absolute atomic E-state index is 11.8. The van der Waals surface area contributed by atoms with E-state index in [0.717, 1.165) is 24.1 Å². The summed E-state index contributed by atoms with van der Waals surface area (Å²) < 4.78 is 5.54. The molecule has 2 rings (SSSR count). The maximum atomic E-state index is 11.8. The van der Waals surface area contributed by atoms with Crippen molar-refractivity contribution in [3.8, 4) is 0 Å². The van der Waals surface area contributed by atoms with Crippen LogP contribution in [-0.4, -0.2) is 41.4 Å². The third-order valence-electron chi connectivity index (χ3n) is 3.76. The Kier molecular flexibility index (Phi) is 5.76. The molecule has 0 radical (unpaired) electrons. The van der Waals surface area contributed by atoms with Crippen molar-refractivity contribution in [3.05, 3.63) is 17.5 Å². The summed E-state index contributed by atoms with van der Waals surface area (Å²) in [6.07, 6.45) is 3.65. The van der Waals surface area contributed by atoms with Crippen molar-refractivity contribution in [3.63, 3.8) is 0 Å². The van der Waals surface area contributed by atoms with Gasteiger partial charge in [-0.3, -0.25) is 9.89 Å². The van der Waals surface area contributed by atoms with Crippen LogP contribution in [0.2, 0.25) is 0 Å². The molecule has 3 amide bonds. The van der Waals surface area contributed by atoms with Crippen molar-refractivity contribution < 1.29 is 14.3 Å². The van der Waals surface area contributed by atoms with Crippen LogP contribution in [0.4, 0.5) is 4.79 Å². The van der Waals surface area contributed by atoms with Crippen LogP contribution in [0.1, 0.15) is 31.0 Å². The molecule has 5 N–H and O–H groups in total. The van der Waals surface area contributed by atoms with Crippen LogP contribution in [0.15, 0.2) is 6.20 Å². The largest absolute Gasteiger partial charge is 0.376 e. The quantitative estimate of drug-likeness (QED) is 0.568. The van der Waals surface area contributed by atoms with E-state index in [4.69, 9.17) is 10.5 Å². The Hall–Kier alpha value is -2.09. The van der Waals surface area contributed by atoms with Crippen LogP contribution < -0.4 is 16.4 Å². The number of hydrogen-bond donors (Lipinski definition) is 4. The van der Waals surface area contributed by atoms with Gasteiger partial charge in [-0.2, -0.15) is 5.10 Å². The van der Waals surface area contributed by atoms with Gasteiger partial charge in [0.2, 0.25) is 5.91 Å². The Labute approximate surface area is 129 Å². The van der Waals surface area contributed by atoms with Gasteiger partial charge in [-0.05, 0) is 24.3 Å². The number of carbonyl (C=O) groups is 2. The molecule has 1 aromatic rings. The maximum Gasteiger partial charge on any atom is 0.315 e. The van der Waals surface area contributed by atoms with E-state index in [-0.39, 0.29) is 24.0 Å². The molecule has 1 saturated heterocycles. The van der Waals surface area contributed by atoms with Gasteiger partial charge in [0, 0.05) is 13.0 Å². The van der Waals surface area contributed by atoms with Gasteiger partial charge < -0.3 is 21.1 Å². The Bertz CT molecular complexity index is 516. The van der Waals surface area contributed by atoms with E-state index in [9.17, 15) is 9.59 Å². The third kappa shape index (κ3) is 4.73. The van der Waals surface area contributed by atoms with Gasteiger partial charge in [0.05, 0.1) is 31.1 Å². The first-order valence-corrected chi connectivity index (χ1v) is 7.51. The second-order valence-electron chi connectivity index (χ2n) is 5.52. The highest BCUT2D eigenvalue weighted by molar-refractivity contribution is 5.74. The fraction of sp³-hybridized carbons (Fsp3) is 0.643. The van der Waals surface area contributed by atoms with Crippen molar-refractivity contribution in [1.29, 1.82) is 0 Å². The molecule has 1 fully saturated rings. The average Bonchev–Trinajstić information content (AvgIpc) is 3.10. The lowest BCUT2D eigenvalue weighted by Gasteiger charge is -2.12. The van der Waals surface area contributed by atoms with Crippen molar-refractivity contribution in [2.75, 3.05) is 13.2 Å². The number of primary amides is 1.